The van der Waals surface area contributed by atoms with Gasteiger partial charge in [0, 0.05) is 52.6 Å². The fourth-order valence-corrected chi connectivity index (χ4v) is 5.07. The van der Waals surface area contributed by atoms with Crippen LogP contribution in [-0.2, 0) is 4.79 Å². The highest BCUT2D eigenvalue weighted by Crippen LogP contribution is 2.35. The first-order valence-electron chi connectivity index (χ1n) is 10.9. The molecule has 0 aliphatic carbocycles. The molecule has 174 valence electrons. The minimum atomic E-state index is -0.353. The second-order valence-electron chi connectivity index (χ2n) is 7.99. The van der Waals surface area contributed by atoms with Crippen molar-refractivity contribution in [3.8, 4) is 17.2 Å². The van der Waals surface area contributed by atoms with Gasteiger partial charge in [-0.3, -0.25) is 4.79 Å². The van der Waals surface area contributed by atoms with Crippen LogP contribution in [0.25, 0.3) is 28.1 Å². The molecular weight excluding hydrogens is 485 g/mol. The lowest BCUT2D eigenvalue weighted by Crippen LogP contribution is -2.49. The van der Waals surface area contributed by atoms with Gasteiger partial charge in [0.1, 0.15) is 29.6 Å². The molecule has 2 aromatic heterocycles. The molecule has 1 amide bonds. The van der Waals surface area contributed by atoms with Gasteiger partial charge in [0.05, 0.1) is 5.52 Å². The number of halogens is 2. The largest absolute Gasteiger partial charge is 0.352 e. The summed E-state index contributed by atoms with van der Waals surface area (Å²) in [6, 6.07) is 15.8. The predicted molar refractivity (Wildman–Crippen MR) is 137 cm³/mol. The van der Waals surface area contributed by atoms with Crippen LogP contribution in [0.15, 0.2) is 65.8 Å². The number of hydrogen-bond donors (Lipinski definition) is 0. The van der Waals surface area contributed by atoms with E-state index < -0.39 is 0 Å². The molecule has 6 nitrogen and oxygen atoms in total. The fraction of sp³-hybridized carbons (Fsp3) is 0.154. The average molecular weight is 504 g/mol. The van der Waals surface area contributed by atoms with Crippen LogP contribution in [0.1, 0.15) is 4.88 Å². The van der Waals surface area contributed by atoms with Crippen LogP contribution in [0.3, 0.4) is 0 Å². The summed E-state index contributed by atoms with van der Waals surface area (Å²) in [6.45, 7) is 1.99. The number of benzene rings is 2. The summed E-state index contributed by atoms with van der Waals surface area (Å²) in [5, 5.41) is 12.6. The zero-order valence-electron chi connectivity index (χ0n) is 18.5. The summed E-state index contributed by atoms with van der Waals surface area (Å²) >= 11 is 8.04. The van der Waals surface area contributed by atoms with Gasteiger partial charge in [-0.2, -0.15) is 5.26 Å². The monoisotopic (exact) mass is 503 g/mol. The van der Waals surface area contributed by atoms with Crippen LogP contribution in [0.2, 0.25) is 5.02 Å². The van der Waals surface area contributed by atoms with Crippen LogP contribution in [0.5, 0.6) is 0 Å². The zero-order valence-corrected chi connectivity index (χ0v) is 20.1. The maximum Gasteiger partial charge on any atom is 0.264 e. The van der Waals surface area contributed by atoms with Gasteiger partial charge in [0.2, 0.25) is 0 Å². The molecule has 0 radical (unpaired) electrons. The summed E-state index contributed by atoms with van der Waals surface area (Å²) in [7, 11) is 0. The van der Waals surface area contributed by atoms with Gasteiger partial charge in [0.25, 0.3) is 5.91 Å². The topological polar surface area (TPSA) is 73.1 Å². The third-order valence-corrected chi connectivity index (χ3v) is 7.05. The molecule has 1 aliphatic heterocycles. The first kappa shape index (κ1) is 23.0. The standard InChI is InChI=1S/C26H19ClFN5OS/c27-22-13-21-24(14-20(22)19-5-1-2-6-23(19)28)30-16-31-25(21)32-7-9-33(10-8-32)26(34)17(15-29)12-18-4-3-11-35-18/h1-6,11-14,16H,7-10H2/b17-12+. The van der Waals surface area contributed by atoms with Crippen molar-refractivity contribution < 1.29 is 9.18 Å². The number of thiophene rings is 1. The number of piperazine rings is 1. The Labute approximate surface area is 210 Å². The minimum Gasteiger partial charge on any atom is -0.352 e. The second kappa shape index (κ2) is 9.82. The third kappa shape index (κ3) is 4.61. The summed E-state index contributed by atoms with van der Waals surface area (Å²) < 4.78 is 14.4. The first-order valence-corrected chi connectivity index (χ1v) is 12.2. The lowest BCUT2D eigenvalue weighted by molar-refractivity contribution is -0.126. The molecule has 0 N–H and O–H groups in total. The molecule has 1 saturated heterocycles. The van der Waals surface area contributed by atoms with Crippen LogP contribution in [0, 0.1) is 17.1 Å². The Morgan fingerprint density at radius 3 is 2.60 bits per heavy atom. The van der Waals surface area contributed by atoms with Gasteiger partial charge in [-0.1, -0.05) is 35.9 Å². The Morgan fingerprint density at radius 2 is 1.89 bits per heavy atom. The molecule has 1 aliphatic rings. The Hall–Kier alpha value is -3.80. The van der Waals surface area contributed by atoms with E-state index in [0.717, 1.165) is 10.3 Å². The predicted octanol–water partition coefficient (Wildman–Crippen LogP) is 5.41. The number of amides is 1. The summed E-state index contributed by atoms with van der Waals surface area (Å²) in [6.07, 6.45) is 3.11. The summed E-state index contributed by atoms with van der Waals surface area (Å²) in [5.74, 6) is 0.0815. The number of anilines is 1. The van der Waals surface area contributed by atoms with Crippen molar-refractivity contribution in [1.29, 1.82) is 5.26 Å². The highest BCUT2D eigenvalue weighted by Gasteiger charge is 2.26. The van der Waals surface area contributed by atoms with Gasteiger partial charge in [-0.25, -0.2) is 14.4 Å². The number of nitriles is 1. The molecule has 0 bridgehead atoms. The Balaban J connectivity index is 1.38. The number of carbonyl (C=O) groups is 1. The van der Waals surface area contributed by atoms with E-state index in [9.17, 15) is 14.4 Å². The van der Waals surface area contributed by atoms with Crippen molar-refractivity contribution in [3.05, 3.63) is 81.5 Å². The van der Waals surface area contributed by atoms with E-state index >= 15 is 0 Å². The zero-order chi connectivity index (χ0) is 24.4. The maximum absolute atomic E-state index is 14.4. The van der Waals surface area contributed by atoms with E-state index in [4.69, 9.17) is 11.6 Å². The normalized spacial score (nSPS) is 14.3. The van der Waals surface area contributed by atoms with Gasteiger partial charge >= 0.3 is 0 Å². The van der Waals surface area contributed by atoms with Gasteiger partial charge in [-0.05, 0) is 35.7 Å². The average Bonchev–Trinajstić information content (AvgIpc) is 3.40. The van der Waals surface area contributed by atoms with Crippen LogP contribution < -0.4 is 4.90 Å². The summed E-state index contributed by atoms with van der Waals surface area (Å²) in [4.78, 5) is 26.4. The molecule has 2 aromatic carbocycles. The van der Waals surface area contributed by atoms with Gasteiger partial charge in [0.15, 0.2) is 0 Å². The van der Waals surface area contributed by atoms with Crippen molar-refractivity contribution in [2.24, 2.45) is 0 Å². The quantitative estimate of drug-likeness (QED) is 0.275. The molecule has 4 aromatic rings. The Bertz CT molecular complexity index is 1470. The molecule has 0 spiro atoms. The van der Waals surface area contributed by atoms with E-state index in [2.05, 4.69) is 14.9 Å². The Morgan fingerprint density at radius 1 is 1.09 bits per heavy atom. The van der Waals surface area contributed by atoms with Crippen molar-refractivity contribution in [3.63, 3.8) is 0 Å². The van der Waals surface area contributed by atoms with E-state index in [0.29, 0.717) is 53.7 Å². The first-order chi connectivity index (χ1) is 17.0. The summed E-state index contributed by atoms with van der Waals surface area (Å²) in [5.41, 5.74) is 1.76. The molecule has 3 heterocycles. The second-order valence-corrected chi connectivity index (χ2v) is 9.38. The SMILES string of the molecule is N#C/C(=C\c1cccs1)C(=O)N1CCN(c2ncnc3cc(-c4ccccc4F)c(Cl)cc23)CC1. The number of aromatic nitrogens is 2. The van der Waals surface area contributed by atoms with Gasteiger partial charge in [-0.15, -0.1) is 11.3 Å². The van der Waals surface area contributed by atoms with Gasteiger partial charge < -0.3 is 9.80 Å². The van der Waals surface area contributed by atoms with Crippen LogP contribution >= 0.6 is 22.9 Å². The van der Waals surface area contributed by atoms with Crippen LogP contribution in [0.4, 0.5) is 10.2 Å². The molecule has 0 saturated carbocycles. The van der Waals surface area contributed by atoms with Crippen molar-refractivity contribution >= 4 is 51.6 Å². The molecule has 0 unspecified atom stereocenters. The highest BCUT2D eigenvalue weighted by molar-refractivity contribution is 7.10. The molecule has 5 rings (SSSR count). The van der Waals surface area contributed by atoms with Crippen molar-refractivity contribution in [2.45, 2.75) is 0 Å². The number of nitrogens with zero attached hydrogens (tertiary/aromatic N) is 5. The number of carbonyl (C=O) groups excluding carboxylic acids is 1. The van der Waals surface area contributed by atoms with Crippen LogP contribution in [-0.4, -0.2) is 47.0 Å². The third-order valence-electron chi connectivity index (χ3n) is 5.91. The van der Waals surface area contributed by atoms with E-state index in [-0.39, 0.29) is 17.3 Å². The van der Waals surface area contributed by atoms with Crippen molar-refractivity contribution in [2.75, 3.05) is 31.1 Å². The minimum absolute atomic E-state index is 0.126. The molecular formula is C26H19ClFN5OS. The number of hydrogen-bond acceptors (Lipinski definition) is 6. The van der Waals surface area contributed by atoms with Crippen molar-refractivity contribution in [1.82, 2.24) is 14.9 Å². The lowest BCUT2D eigenvalue weighted by Gasteiger charge is -2.35. The Kier molecular flexibility index (Phi) is 6.45. The molecule has 35 heavy (non-hydrogen) atoms. The number of fused-ring (bicyclic) bond motifs is 1. The lowest BCUT2D eigenvalue weighted by atomic mass is 10.0. The fourth-order valence-electron chi connectivity index (χ4n) is 4.15. The highest BCUT2D eigenvalue weighted by atomic mass is 35.5. The maximum atomic E-state index is 14.4. The smallest absolute Gasteiger partial charge is 0.264 e. The van der Waals surface area contributed by atoms with E-state index in [1.807, 2.05) is 23.6 Å². The van der Waals surface area contributed by atoms with E-state index in [1.165, 1.54) is 23.7 Å². The molecule has 9 heteroatoms. The molecule has 1 fully saturated rings. The number of rotatable bonds is 4. The van der Waals surface area contributed by atoms with E-state index in [1.54, 1.807) is 41.3 Å². The molecule has 0 atom stereocenters.